The van der Waals surface area contributed by atoms with Gasteiger partial charge in [0.1, 0.15) is 0 Å². The quantitative estimate of drug-likeness (QED) is 0.739. The summed E-state index contributed by atoms with van der Waals surface area (Å²) in [5, 5.41) is 3.80. The van der Waals surface area contributed by atoms with Gasteiger partial charge in [-0.05, 0) is 84.7 Å². The number of hydrogen-bond donors (Lipinski definition) is 1. The Kier molecular flexibility index (Phi) is 4.57. The molecule has 2 aromatic carbocycles. The van der Waals surface area contributed by atoms with Gasteiger partial charge in [0.25, 0.3) is 0 Å². The van der Waals surface area contributed by atoms with E-state index in [0.29, 0.717) is 34.8 Å². The third-order valence-corrected chi connectivity index (χ3v) is 7.62. The van der Waals surface area contributed by atoms with Crippen LogP contribution in [0.5, 0.6) is 0 Å². The number of anilines is 1. The molecular formula is C25H27NO4. The summed E-state index contributed by atoms with van der Waals surface area (Å²) in [6.07, 6.45) is 3.86. The van der Waals surface area contributed by atoms with Crippen LogP contribution in [0.15, 0.2) is 36.4 Å². The van der Waals surface area contributed by atoms with Crippen LogP contribution in [0, 0.1) is 24.7 Å². The van der Waals surface area contributed by atoms with Gasteiger partial charge in [-0.2, -0.15) is 0 Å². The maximum absolute atomic E-state index is 12.3. The fourth-order valence-electron chi connectivity index (χ4n) is 6.31. The van der Waals surface area contributed by atoms with Crippen molar-refractivity contribution in [3.63, 3.8) is 0 Å². The summed E-state index contributed by atoms with van der Waals surface area (Å²) in [4.78, 5) is 24.1. The van der Waals surface area contributed by atoms with Crippen molar-refractivity contribution in [2.75, 3.05) is 19.5 Å². The lowest BCUT2D eigenvalue weighted by Gasteiger charge is -2.44. The molecule has 0 amide bonds. The van der Waals surface area contributed by atoms with Crippen LogP contribution in [-0.4, -0.2) is 26.2 Å². The highest BCUT2D eigenvalue weighted by Crippen LogP contribution is 2.64. The van der Waals surface area contributed by atoms with Crippen LogP contribution in [0.4, 0.5) is 5.69 Å². The molecule has 3 aliphatic rings. The van der Waals surface area contributed by atoms with Crippen LogP contribution in [0.25, 0.3) is 0 Å². The molecule has 0 spiro atoms. The lowest BCUT2D eigenvalue weighted by molar-refractivity contribution is 0.0591. The second-order valence-electron chi connectivity index (χ2n) is 8.87. The molecule has 5 rings (SSSR count). The number of methoxy groups -OCH3 is 2. The van der Waals surface area contributed by atoms with Crippen LogP contribution >= 0.6 is 0 Å². The largest absolute Gasteiger partial charge is 0.465 e. The van der Waals surface area contributed by atoms with Gasteiger partial charge in [-0.1, -0.05) is 18.2 Å². The lowest BCUT2D eigenvalue weighted by Crippen LogP contribution is -2.36. The summed E-state index contributed by atoms with van der Waals surface area (Å²) in [5.41, 5.74) is 5.74. The van der Waals surface area contributed by atoms with Crippen LogP contribution < -0.4 is 5.32 Å². The van der Waals surface area contributed by atoms with Crippen molar-refractivity contribution in [2.45, 2.75) is 38.1 Å². The average molecular weight is 405 g/mol. The van der Waals surface area contributed by atoms with Gasteiger partial charge >= 0.3 is 11.9 Å². The van der Waals surface area contributed by atoms with Crippen molar-refractivity contribution in [2.24, 2.45) is 17.8 Å². The van der Waals surface area contributed by atoms with E-state index in [0.717, 1.165) is 11.3 Å². The van der Waals surface area contributed by atoms with Crippen LogP contribution in [0.2, 0.25) is 0 Å². The SMILES string of the molecule is COC(=O)c1ccc([C@@H]2Nc3c(ccc(C(=O)OC)c3C)[C@@H]3[C@H]4CC[C@@H](C4)[C@H]32)cc1. The maximum atomic E-state index is 12.3. The standard InChI is InChI=1S/C25H27NO4/c1-13-18(25(28)30-3)10-11-19-20-16-8-9-17(12-16)21(20)23(26-22(13)19)14-4-6-15(7-5-14)24(27)29-2/h4-7,10-11,16-17,20-21,23,26H,8-9,12H2,1-3H3/t16-,17-,20-,21+,23-/m0/s1. The minimum atomic E-state index is -0.320. The van der Waals surface area contributed by atoms with Gasteiger partial charge in [0, 0.05) is 5.69 Å². The highest BCUT2D eigenvalue weighted by Gasteiger charge is 2.54. The van der Waals surface area contributed by atoms with Gasteiger partial charge in [-0.3, -0.25) is 0 Å². The van der Waals surface area contributed by atoms with Crippen molar-refractivity contribution in [3.05, 3.63) is 64.2 Å². The number of ether oxygens (including phenoxy) is 2. The Balaban J connectivity index is 1.59. The fourth-order valence-corrected chi connectivity index (χ4v) is 6.31. The molecule has 156 valence electrons. The lowest BCUT2D eigenvalue weighted by atomic mass is 9.67. The zero-order chi connectivity index (χ0) is 21.0. The molecule has 5 heteroatoms. The van der Waals surface area contributed by atoms with Gasteiger partial charge in [0.2, 0.25) is 0 Å². The summed E-state index contributed by atoms with van der Waals surface area (Å²) < 4.78 is 9.83. The molecular weight excluding hydrogens is 378 g/mol. The van der Waals surface area contributed by atoms with E-state index < -0.39 is 0 Å². The van der Waals surface area contributed by atoms with Crippen LogP contribution in [-0.2, 0) is 9.47 Å². The van der Waals surface area contributed by atoms with Gasteiger partial charge in [0.15, 0.2) is 0 Å². The van der Waals surface area contributed by atoms with E-state index in [1.165, 1.54) is 44.6 Å². The van der Waals surface area contributed by atoms with E-state index in [1.807, 2.05) is 37.3 Å². The Morgan fingerprint density at radius 2 is 1.63 bits per heavy atom. The number of rotatable bonds is 3. The molecule has 5 nitrogen and oxygen atoms in total. The first-order valence-corrected chi connectivity index (χ1v) is 10.7. The number of benzene rings is 2. The van der Waals surface area contributed by atoms with E-state index in [2.05, 4.69) is 11.4 Å². The predicted molar refractivity (Wildman–Crippen MR) is 114 cm³/mol. The smallest absolute Gasteiger partial charge is 0.338 e. The molecule has 1 aliphatic heterocycles. The Morgan fingerprint density at radius 3 is 2.33 bits per heavy atom. The first-order valence-electron chi connectivity index (χ1n) is 10.7. The fraction of sp³-hybridized carbons (Fsp3) is 0.440. The second-order valence-corrected chi connectivity index (χ2v) is 8.87. The van der Waals surface area contributed by atoms with E-state index in [9.17, 15) is 9.59 Å². The highest BCUT2D eigenvalue weighted by molar-refractivity contribution is 5.93. The average Bonchev–Trinajstić information content (AvgIpc) is 3.41. The number of nitrogens with one attached hydrogen (secondary N) is 1. The van der Waals surface area contributed by atoms with Crippen molar-refractivity contribution < 1.29 is 19.1 Å². The molecule has 0 saturated heterocycles. The molecule has 0 aromatic heterocycles. The van der Waals surface area contributed by atoms with Crippen molar-refractivity contribution in [1.82, 2.24) is 0 Å². The molecule has 0 radical (unpaired) electrons. The molecule has 2 bridgehead atoms. The van der Waals surface area contributed by atoms with E-state index >= 15 is 0 Å². The molecule has 2 fully saturated rings. The Bertz CT molecular complexity index is 1010. The summed E-state index contributed by atoms with van der Waals surface area (Å²) in [5.74, 6) is 1.85. The summed E-state index contributed by atoms with van der Waals surface area (Å²) >= 11 is 0. The molecule has 30 heavy (non-hydrogen) atoms. The number of carbonyl (C=O) groups excluding carboxylic acids is 2. The van der Waals surface area contributed by atoms with Gasteiger partial charge in [-0.15, -0.1) is 0 Å². The number of fused-ring (bicyclic) bond motifs is 7. The summed E-state index contributed by atoms with van der Waals surface area (Å²) in [7, 11) is 2.82. The van der Waals surface area contributed by atoms with E-state index in [1.54, 1.807) is 0 Å². The number of hydrogen-bond acceptors (Lipinski definition) is 5. The van der Waals surface area contributed by atoms with Crippen molar-refractivity contribution in [1.29, 1.82) is 0 Å². The number of esters is 2. The van der Waals surface area contributed by atoms with Crippen LogP contribution in [0.3, 0.4) is 0 Å². The topological polar surface area (TPSA) is 64.6 Å². The minimum absolute atomic E-state index is 0.163. The van der Waals surface area contributed by atoms with Crippen molar-refractivity contribution >= 4 is 17.6 Å². The molecule has 2 aliphatic carbocycles. The van der Waals surface area contributed by atoms with Gasteiger partial charge in [-0.25, -0.2) is 9.59 Å². The second kappa shape index (κ2) is 7.15. The third-order valence-electron chi connectivity index (χ3n) is 7.62. The zero-order valence-electron chi connectivity index (χ0n) is 17.6. The highest BCUT2D eigenvalue weighted by atomic mass is 16.5. The van der Waals surface area contributed by atoms with Crippen LogP contribution in [0.1, 0.15) is 68.6 Å². The molecule has 0 unspecified atom stereocenters. The molecule has 1 heterocycles. The Labute approximate surface area is 176 Å². The summed E-state index contributed by atoms with van der Waals surface area (Å²) in [6, 6.07) is 12.0. The minimum Gasteiger partial charge on any atom is -0.465 e. The van der Waals surface area contributed by atoms with Crippen molar-refractivity contribution in [3.8, 4) is 0 Å². The third kappa shape index (κ3) is 2.75. The maximum Gasteiger partial charge on any atom is 0.338 e. The zero-order valence-corrected chi connectivity index (χ0v) is 17.6. The molecule has 5 atom stereocenters. The Hall–Kier alpha value is -2.82. The molecule has 1 N–H and O–H groups in total. The first kappa shape index (κ1) is 19.2. The predicted octanol–water partition coefficient (Wildman–Crippen LogP) is 4.86. The Morgan fingerprint density at radius 1 is 0.933 bits per heavy atom. The first-order chi connectivity index (χ1) is 14.5. The van der Waals surface area contributed by atoms with Gasteiger partial charge < -0.3 is 14.8 Å². The number of carbonyl (C=O) groups is 2. The normalized spacial score (nSPS) is 28.3. The molecule has 2 saturated carbocycles. The van der Waals surface area contributed by atoms with Gasteiger partial charge in [0.05, 0.1) is 31.4 Å². The summed E-state index contributed by atoms with van der Waals surface area (Å²) in [6.45, 7) is 2.00. The molecule has 2 aromatic rings. The van der Waals surface area contributed by atoms with E-state index in [4.69, 9.17) is 9.47 Å². The van der Waals surface area contributed by atoms with E-state index in [-0.39, 0.29) is 18.0 Å². The monoisotopic (exact) mass is 405 g/mol.